The molecule has 14 heavy (non-hydrogen) atoms. The minimum atomic E-state index is 0.799. The molecule has 0 fully saturated rings. The fraction of sp³-hybridized carbons (Fsp3) is 0.818. The molecule has 0 aliphatic heterocycles. The Labute approximate surface area is 87.8 Å². The fourth-order valence-corrected chi connectivity index (χ4v) is 1.07. The summed E-state index contributed by atoms with van der Waals surface area (Å²) in [6.07, 6.45) is 7.08. The Morgan fingerprint density at radius 3 is 2.79 bits per heavy atom. The van der Waals surface area contributed by atoms with Gasteiger partial charge in [0, 0.05) is 33.2 Å². The van der Waals surface area contributed by atoms with Crippen molar-refractivity contribution >= 4 is 0 Å². The Balaban J connectivity index is 3.07. The molecule has 0 unspecified atom stereocenters. The van der Waals surface area contributed by atoms with E-state index in [9.17, 15) is 0 Å². The molecule has 0 aromatic rings. The molecule has 0 aliphatic carbocycles. The van der Waals surface area contributed by atoms with E-state index in [2.05, 4.69) is 23.2 Å². The number of unbranched alkanes of at least 4 members (excludes halogenated alkanes) is 1. The molecule has 0 rings (SSSR count). The molecule has 3 nitrogen and oxygen atoms in total. The first-order valence-corrected chi connectivity index (χ1v) is 5.13. The van der Waals surface area contributed by atoms with Gasteiger partial charge in [0.05, 0.1) is 6.61 Å². The lowest BCUT2D eigenvalue weighted by Crippen LogP contribution is -2.31. The molecule has 0 aromatic carbocycles. The average Bonchev–Trinajstić information content (AvgIpc) is 2.20. The van der Waals surface area contributed by atoms with Crippen molar-refractivity contribution in [2.75, 3.05) is 46.9 Å². The predicted octanol–water partition coefficient (Wildman–Crippen LogP) is 0.568. The molecule has 0 amide bonds. The fourth-order valence-electron chi connectivity index (χ4n) is 1.07. The third-order valence-electron chi connectivity index (χ3n) is 2.02. The van der Waals surface area contributed by atoms with E-state index in [-0.39, 0.29) is 0 Å². The molecule has 0 aliphatic rings. The van der Waals surface area contributed by atoms with Crippen molar-refractivity contribution in [1.82, 2.24) is 10.2 Å². The molecule has 0 radical (unpaired) electrons. The van der Waals surface area contributed by atoms with Crippen molar-refractivity contribution < 1.29 is 4.74 Å². The topological polar surface area (TPSA) is 24.5 Å². The highest BCUT2D eigenvalue weighted by Gasteiger charge is 1.96. The zero-order chi connectivity index (χ0) is 10.6. The second-order valence-corrected chi connectivity index (χ2v) is 3.35. The van der Waals surface area contributed by atoms with Crippen molar-refractivity contribution in [2.24, 2.45) is 0 Å². The molecule has 82 valence electrons. The van der Waals surface area contributed by atoms with Gasteiger partial charge in [0.1, 0.15) is 0 Å². The van der Waals surface area contributed by atoms with Crippen LogP contribution in [0.15, 0.2) is 0 Å². The van der Waals surface area contributed by atoms with Gasteiger partial charge >= 0.3 is 0 Å². The van der Waals surface area contributed by atoms with E-state index in [4.69, 9.17) is 11.2 Å². The highest BCUT2D eigenvalue weighted by atomic mass is 16.5. The van der Waals surface area contributed by atoms with Gasteiger partial charge in [-0.15, -0.1) is 12.3 Å². The quantitative estimate of drug-likeness (QED) is 0.433. The smallest absolute Gasteiger partial charge is 0.0589 e. The number of likely N-dealkylation sites (N-methyl/N-ethyl adjacent to an activating group) is 1. The minimum Gasteiger partial charge on any atom is -0.383 e. The van der Waals surface area contributed by atoms with Gasteiger partial charge < -0.3 is 15.0 Å². The first-order chi connectivity index (χ1) is 6.81. The van der Waals surface area contributed by atoms with Crippen molar-refractivity contribution in [3.8, 4) is 12.3 Å². The minimum absolute atomic E-state index is 0.799. The molecule has 3 heteroatoms. The van der Waals surface area contributed by atoms with Crippen LogP contribution < -0.4 is 5.32 Å². The van der Waals surface area contributed by atoms with Crippen LogP contribution in [0.1, 0.15) is 12.8 Å². The molecule has 0 saturated heterocycles. The molecular formula is C11H22N2O. The molecule has 0 saturated carbocycles. The number of ether oxygens (including phenoxy) is 1. The maximum atomic E-state index is 5.15. The van der Waals surface area contributed by atoms with Crippen LogP contribution in [0.5, 0.6) is 0 Å². The summed E-state index contributed by atoms with van der Waals surface area (Å²) in [5, 5.41) is 3.35. The SMILES string of the molecule is C#CCCCNCCN(C)CCOC. The summed E-state index contributed by atoms with van der Waals surface area (Å²) in [7, 11) is 3.83. The highest BCUT2D eigenvalue weighted by molar-refractivity contribution is 4.83. The molecule has 0 aromatic heterocycles. The largest absolute Gasteiger partial charge is 0.383 e. The van der Waals surface area contributed by atoms with E-state index >= 15 is 0 Å². The Morgan fingerprint density at radius 2 is 2.14 bits per heavy atom. The number of methoxy groups -OCH3 is 1. The molecular weight excluding hydrogens is 176 g/mol. The number of nitrogens with one attached hydrogen (secondary N) is 1. The van der Waals surface area contributed by atoms with Crippen LogP contribution in [0.3, 0.4) is 0 Å². The van der Waals surface area contributed by atoms with Gasteiger partial charge in [0.2, 0.25) is 0 Å². The summed E-state index contributed by atoms with van der Waals surface area (Å²) in [6.45, 7) is 4.88. The normalized spacial score (nSPS) is 10.4. The standard InChI is InChI=1S/C11H22N2O/c1-4-5-6-7-12-8-9-13(2)10-11-14-3/h1,12H,5-11H2,2-3H3. The third kappa shape index (κ3) is 9.53. The predicted molar refractivity (Wildman–Crippen MR) is 60.3 cm³/mol. The molecule has 0 heterocycles. The van der Waals surface area contributed by atoms with Gasteiger partial charge in [-0.25, -0.2) is 0 Å². The monoisotopic (exact) mass is 198 g/mol. The first kappa shape index (κ1) is 13.4. The maximum absolute atomic E-state index is 5.15. The molecule has 0 spiro atoms. The molecule has 1 N–H and O–H groups in total. The van der Waals surface area contributed by atoms with Gasteiger partial charge in [-0.2, -0.15) is 0 Å². The summed E-state index contributed by atoms with van der Waals surface area (Å²) >= 11 is 0. The van der Waals surface area contributed by atoms with Crippen molar-refractivity contribution in [2.45, 2.75) is 12.8 Å². The number of nitrogens with zero attached hydrogens (tertiary/aromatic N) is 1. The van der Waals surface area contributed by atoms with Crippen LogP contribution >= 0.6 is 0 Å². The van der Waals surface area contributed by atoms with Crippen molar-refractivity contribution in [1.29, 1.82) is 0 Å². The van der Waals surface area contributed by atoms with Gasteiger partial charge in [0.25, 0.3) is 0 Å². The van der Waals surface area contributed by atoms with E-state index in [1.807, 2.05) is 0 Å². The van der Waals surface area contributed by atoms with E-state index in [0.717, 1.165) is 45.6 Å². The Hall–Kier alpha value is -0.560. The second kappa shape index (κ2) is 10.5. The molecule has 0 bridgehead atoms. The Kier molecular flexibility index (Phi) is 10.1. The number of hydrogen-bond donors (Lipinski definition) is 1. The van der Waals surface area contributed by atoms with Crippen LogP contribution in [0.25, 0.3) is 0 Å². The summed E-state index contributed by atoms with van der Waals surface area (Å²) in [6, 6.07) is 0. The second-order valence-electron chi connectivity index (χ2n) is 3.35. The van der Waals surface area contributed by atoms with E-state index in [1.165, 1.54) is 0 Å². The number of terminal acetylenes is 1. The van der Waals surface area contributed by atoms with E-state index in [1.54, 1.807) is 7.11 Å². The Bertz CT molecular complexity index is 154. The zero-order valence-electron chi connectivity index (χ0n) is 9.38. The van der Waals surface area contributed by atoms with Crippen LogP contribution in [0, 0.1) is 12.3 Å². The number of hydrogen-bond acceptors (Lipinski definition) is 3. The first-order valence-electron chi connectivity index (χ1n) is 5.13. The van der Waals surface area contributed by atoms with E-state index < -0.39 is 0 Å². The lowest BCUT2D eigenvalue weighted by Gasteiger charge is -2.15. The van der Waals surface area contributed by atoms with Gasteiger partial charge in [0.15, 0.2) is 0 Å². The van der Waals surface area contributed by atoms with Crippen LogP contribution in [-0.2, 0) is 4.74 Å². The van der Waals surface area contributed by atoms with Gasteiger partial charge in [-0.1, -0.05) is 0 Å². The lowest BCUT2D eigenvalue weighted by atomic mass is 10.3. The summed E-state index contributed by atoms with van der Waals surface area (Å²) in [5.41, 5.74) is 0. The summed E-state index contributed by atoms with van der Waals surface area (Å²) in [5.74, 6) is 2.63. The molecule has 0 atom stereocenters. The van der Waals surface area contributed by atoms with Crippen LogP contribution in [0.2, 0.25) is 0 Å². The average molecular weight is 198 g/mol. The highest BCUT2D eigenvalue weighted by Crippen LogP contribution is 1.84. The van der Waals surface area contributed by atoms with Gasteiger partial charge in [-0.3, -0.25) is 0 Å². The Morgan fingerprint density at radius 1 is 1.36 bits per heavy atom. The van der Waals surface area contributed by atoms with Crippen LogP contribution in [0.4, 0.5) is 0 Å². The number of rotatable bonds is 9. The maximum Gasteiger partial charge on any atom is 0.0589 e. The van der Waals surface area contributed by atoms with Crippen LogP contribution in [-0.4, -0.2) is 51.8 Å². The summed E-state index contributed by atoms with van der Waals surface area (Å²) < 4.78 is 4.99. The van der Waals surface area contributed by atoms with E-state index in [0.29, 0.717) is 0 Å². The van der Waals surface area contributed by atoms with Crippen molar-refractivity contribution in [3.05, 3.63) is 0 Å². The lowest BCUT2D eigenvalue weighted by molar-refractivity contribution is 0.161. The third-order valence-corrected chi connectivity index (χ3v) is 2.02. The summed E-state index contributed by atoms with van der Waals surface area (Å²) in [4.78, 5) is 2.25. The van der Waals surface area contributed by atoms with Crippen molar-refractivity contribution in [3.63, 3.8) is 0 Å². The van der Waals surface area contributed by atoms with Gasteiger partial charge in [-0.05, 0) is 20.0 Å². The zero-order valence-corrected chi connectivity index (χ0v) is 9.38.